The molecule has 0 aliphatic rings. The highest BCUT2D eigenvalue weighted by Crippen LogP contribution is 2.17. The second-order valence-corrected chi connectivity index (χ2v) is 4.56. The zero-order valence-electron chi connectivity index (χ0n) is 11.7. The van der Waals surface area contributed by atoms with Gasteiger partial charge in [0.1, 0.15) is 6.04 Å². The van der Waals surface area contributed by atoms with Gasteiger partial charge in [0, 0.05) is 31.9 Å². The Balaban J connectivity index is 2.78. The van der Waals surface area contributed by atoms with Crippen molar-refractivity contribution in [3.8, 4) is 0 Å². The molecule has 1 rings (SSSR count). The van der Waals surface area contributed by atoms with Crippen molar-refractivity contribution in [2.45, 2.75) is 13.0 Å². The molecule has 0 saturated carbocycles. The molecule has 1 heterocycles. The predicted octanol–water partition coefficient (Wildman–Crippen LogP) is 0.0938. The summed E-state index contributed by atoms with van der Waals surface area (Å²) in [5.74, 6) is -0.287. The standard InChI is InChI=1S/C12H22N4O2/c1-9-10(8-16(4)14-9)11(12(17)18-5)13-6-7-15(2)3/h8,11,13H,6-7H2,1-5H3. The van der Waals surface area contributed by atoms with Gasteiger partial charge in [0.2, 0.25) is 0 Å². The van der Waals surface area contributed by atoms with E-state index < -0.39 is 6.04 Å². The Bertz CT molecular complexity index is 401. The number of carbonyl (C=O) groups is 1. The van der Waals surface area contributed by atoms with E-state index in [1.807, 2.05) is 34.3 Å². The zero-order chi connectivity index (χ0) is 13.7. The van der Waals surface area contributed by atoms with E-state index >= 15 is 0 Å². The number of ether oxygens (including phenoxy) is 1. The van der Waals surface area contributed by atoms with E-state index in [-0.39, 0.29) is 5.97 Å². The quantitative estimate of drug-likeness (QED) is 0.729. The molecule has 102 valence electrons. The van der Waals surface area contributed by atoms with Gasteiger partial charge in [0.05, 0.1) is 12.8 Å². The molecule has 0 bridgehead atoms. The largest absolute Gasteiger partial charge is 0.468 e. The first-order chi connectivity index (χ1) is 8.45. The summed E-state index contributed by atoms with van der Waals surface area (Å²) in [6.07, 6.45) is 1.85. The van der Waals surface area contributed by atoms with E-state index in [1.165, 1.54) is 7.11 Å². The van der Waals surface area contributed by atoms with Gasteiger partial charge in [-0.05, 0) is 21.0 Å². The summed E-state index contributed by atoms with van der Waals surface area (Å²) in [4.78, 5) is 13.9. The Morgan fingerprint density at radius 3 is 2.72 bits per heavy atom. The van der Waals surface area contributed by atoms with Crippen LogP contribution in [0.2, 0.25) is 0 Å². The number of likely N-dealkylation sites (N-methyl/N-ethyl adjacent to an activating group) is 1. The second kappa shape index (κ2) is 6.51. The van der Waals surface area contributed by atoms with Crippen molar-refractivity contribution < 1.29 is 9.53 Å². The number of hydrogen-bond donors (Lipinski definition) is 1. The number of carbonyl (C=O) groups excluding carboxylic acids is 1. The second-order valence-electron chi connectivity index (χ2n) is 4.56. The van der Waals surface area contributed by atoms with Crippen molar-refractivity contribution in [3.63, 3.8) is 0 Å². The first kappa shape index (κ1) is 14.7. The van der Waals surface area contributed by atoms with Crippen molar-refractivity contribution in [1.29, 1.82) is 0 Å². The molecule has 18 heavy (non-hydrogen) atoms. The highest BCUT2D eigenvalue weighted by Gasteiger charge is 2.24. The molecule has 0 aliphatic heterocycles. The van der Waals surface area contributed by atoms with Crippen molar-refractivity contribution in [1.82, 2.24) is 20.0 Å². The number of hydrogen-bond acceptors (Lipinski definition) is 5. The molecule has 1 unspecified atom stereocenters. The Labute approximate surface area is 108 Å². The SMILES string of the molecule is COC(=O)C(NCCN(C)C)c1cn(C)nc1C. The van der Waals surface area contributed by atoms with Crippen LogP contribution in [0.5, 0.6) is 0 Å². The maximum absolute atomic E-state index is 11.8. The van der Waals surface area contributed by atoms with Crippen LogP contribution in [-0.2, 0) is 16.6 Å². The van der Waals surface area contributed by atoms with Crippen LogP contribution in [0.3, 0.4) is 0 Å². The van der Waals surface area contributed by atoms with E-state index in [0.29, 0.717) is 6.54 Å². The van der Waals surface area contributed by atoms with Crippen molar-refractivity contribution in [2.24, 2.45) is 7.05 Å². The summed E-state index contributed by atoms with van der Waals surface area (Å²) in [5.41, 5.74) is 1.70. The molecule has 1 aromatic heterocycles. The molecule has 1 atom stereocenters. The minimum Gasteiger partial charge on any atom is -0.468 e. The Morgan fingerprint density at radius 2 is 2.28 bits per heavy atom. The minimum absolute atomic E-state index is 0.287. The van der Waals surface area contributed by atoms with Gasteiger partial charge in [-0.2, -0.15) is 5.10 Å². The van der Waals surface area contributed by atoms with Gasteiger partial charge in [-0.25, -0.2) is 4.79 Å². The number of nitrogens with zero attached hydrogens (tertiary/aromatic N) is 3. The van der Waals surface area contributed by atoms with Gasteiger partial charge in [-0.1, -0.05) is 0 Å². The van der Waals surface area contributed by atoms with Crippen LogP contribution in [0.25, 0.3) is 0 Å². The summed E-state index contributed by atoms with van der Waals surface area (Å²) < 4.78 is 6.54. The van der Waals surface area contributed by atoms with Gasteiger partial charge < -0.3 is 9.64 Å². The Hall–Kier alpha value is -1.40. The summed E-state index contributed by atoms with van der Waals surface area (Å²) in [6.45, 7) is 3.45. The van der Waals surface area contributed by atoms with Crippen LogP contribution in [0.1, 0.15) is 17.3 Å². The van der Waals surface area contributed by atoms with Crippen LogP contribution >= 0.6 is 0 Å². The van der Waals surface area contributed by atoms with Crippen LogP contribution in [0.15, 0.2) is 6.20 Å². The van der Waals surface area contributed by atoms with Gasteiger partial charge in [-0.15, -0.1) is 0 Å². The number of aromatic nitrogens is 2. The van der Waals surface area contributed by atoms with Crippen LogP contribution in [-0.4, -0.2) is 54.9 Å². The van der Waals surface area contributed by atoms with E-state index in [1.54, 1.807) is 4.68 Å². The van der Waals surface area contributed by atoms with Crippen molar-refractivity contribution in [3.05, 3.63) is 17.5 Å². The number of nitrogens with one attached hydrogen (secondary N) is 1. The molecule has 6 heteroatoms. The molecular formula is C12H22N4O2. The highest BCUT2D eigenvalue weighted by molar-refractivity contribution is 5.77. The summed E-state index contributed by atoms with van der Waals surface area (Å²) in [7, 11) is 7.22. The predicted molar refractivity (Wildman–Crippen MR) is 69.3 cm³/mol. The Morgan fingerprint density at radius 1 is 1.61 bits per heavy atom. The van der Waals surface area contributed by atoms with E-state index in [0.717, 1.165) is 17.8 Å². The molecule has 0 saturated heterocycles. The third kappa shape index (κ3) is 3.82. The molecule has 1 N–H and O–H groups in total. The molecule has 0 fully saturated rings. The summed E-state index contributed by atoms with van der Waals surface area (Å²) in [6, 6.07) is -0.455. The topological polar surface area (TPSA) is 59.4 Å². The Kier molecular flexibility index (Phi) is 5.30. The molecule has 0 aromatic carbocycles. The van der Waals surface area contributed by atoms with Gasteiger partial charge >= 0.3 is 5.97 Å². The number of aryl methyl sites for hydroxylation is 2. The fourth-order valence-corrected chi connectivity index (χ4v) is 1.77. The maximum Gasteiger partial charge on any atom is 0.327 e. The molecule has 1 aromatic rings. The van der Waals surface area contributed by atoms with Gasteiger partial charge in [0.25, 0.3) is 0 Å². The fourth-order valence-electron chi connectivity index (χ4n) is 1.77. The zero-order valence-corrected chi connectivity index (χ0v) is 11.7. The van der Waals surface area contributed by atoms with Crippen LogP contribution in [0, 0.1) is 6.92 Å². The lowest BCUT2D eigenvalue weighted by Gasteiger charge is -2.17. The maximum atomic E-state index is 11.8. The smallest absolute Gasteiger partial charge is 0.327 e. The fraction of sp³-hybridized carbons (Fsp3) is 0.667. The first-order valence-electron chi connectivity index (χ1n) is 5.91. The normalized spacial score (nSPS) is 12.8. The lowest BCUT2D eigenvalue weighted by atomic mass is 10.1. The van der Waals surface area contributed by atoms with Gasteiger partial charge in [0.15, 0.2) is 0 Å². The lowest BCUT2D eigenvalue weighted by Crippen LogP contribution is -2.34. The number of rotatable bonds is 6. The first-order valence-corrected chi connectivity index (χ1v) is 5.91. The van der Waals surface area contributed by atoms with E-state index in [9.17, 15) is 4.79 Å². The molecule has 0 amide bonds. The van der Waals surface area contributed by atoms with Crippen LogP contribution in [0.4, 0.5) is 0 Å². The molecular weight excluding hydrogens is 232 g/mol. The third-order valence-corrected chi connectivity index (χ3v) is 2.71. The molecule has 0 spiro atoms. The van der Waals surface area contributed by atoms with E-state index in [4.69, 9.17) is 4.74 Å². The lowest BCUT2D eigenvalue weighted by molar-refractivity contribution is -0.143. The number of esters is 1. The molecule has 6 nitrogen and oxygen atoms in total. The highest BCUT2D eigenvalue weighted by atomic mass is 16.5. The third-order valence-electron chi connectivity index (χ3n) is 2.71. The van der Waals surface area contributed by atoms with Crippen molar-refractivity contribution >= 4 is 5.97 Å². The number of methoxy groups -OCH3 is 1. The monoisotopic (exact) mass is 254 g/mol. The summed E-state index contributed by atoms with van der Waals surface area (Å²) >= 11 is 0. The van der Waals surface area contributed by atoms with Crippen LogP contribution < -0.4 is 5.32 Å². The van der Waals surface area contributed by atoms with E-state index in [2.05, 4.69) is 15.3 Å². The average Bonchev–Trinajstić information content (AvgIpc) is 2.62. The van der Waals surface area contributed by atoms with Crippen molar-refractivity contribution in [2.75, 3.05) is 34.3 Å². The molecule has 0 aliphatic carbocycles. The molecule has 0 radical (unpaired) electrons. The van der Waals surface area contributed by atoms with Gasteiger partial charge in [-0.3, -0.25) is 10.00 Å². The minimum atomic E-state index is -0.455. The average molecular weight is 254 g/mol. The summed E-state index contributed by atoms with van der Waals surface area (Å²) in [5, 5.41) is 7.45.